The van der Waals surface area contributed by atoms with Crippen LogP contribution >= 0.6 is 22.9 Å². The molecule has 0 atom stereocenters. The molecule has 2 aliphatic heterocycles. The molecule has 0 saturated carbocycles. The van der Waals surface area contributed by atoms with E-state index < -0.39 is 0 Å². The summed E-state index contributed by atoms with van der Waals surface area (Å²) in [5, 5.41) is 2.13. The molecule has 5 heteroatoms. The van der Waals surface area contributed by atoms with Crippen molar-refractivity contribution in [2.24, 2.45) is 0 Å². The summed E-state index contributed by atoms with van der Waals surface area (Å²) in [6.45, 7) is 4.56. The smallest absolute Gasteiger partial charge is 0.170 e. The monoisotopic (exact) mass is 273 g/mol. The Morgan fingerprint density at radius 3 is 2.59 bits per heavy atom. The van der Waals surface area contributed by atoms with Gasteiger partial charge in [0.05, 0.1) is 17.6 Å². The lowest BCUT2D eigenvalue weighted by molar-refractivity contribution is -0.185. The minimum absolute atomic E-state index is 0.261. The van der Waals surface area contributed by atoms with Crippen LogP contribution in [-0.4, -0.2) is 37.0 Å². The van der Waals surface area contributed by atoms with Gasteiger partial charge in [-0.3, -0.25) is 4.90 Å². The van der Waals surface area contributed by atoms with Gasteiger partial charge in [0.2, 0.25) is 0 Å². The number of likely N-dealkylation sites (tertiary alicyclic amines) is 1. The number of halogens is 1. The zero-order chi connectivity index (χ0) is 11.7. The van der Waals surface area contributed by atoms with E-state index in [9.17, 15) is 0 Å². The number of hydrogen-bond acceptors (Lipinski definition) is 4. The minimum atomic E-state index is -0.261. The molecule has 3 nitrogen and oxygen atoms in total. The zero-order valence-electron chi connectivity index (χ0n) is 9.65. The fourth-order valence-corrected chi connectivity index (χ4v) is 3.42. The number of thiophene rings is 1. The molecular formula is C12H16ClNO2S. The molecule has 3 rings (SSSR count). The van der Waals surface area contributed by atoms with Gasteiger partial charge >= 0.3 is 0 Å². The number of hydrogen-bond donors (Lipinski definition) is 0. The van der Waals surface area contributed by atoms with E-state index in [1.54, 1.807) is 11.3 Å². The van der Waals surface area contributed by atoms with Crippen LogP contribution in [0.15, 0.2) is 11.4 Å². The maximum Gasteiger partial charge on any atom is 0.170 e. The van der Waals surface area contributed by atoms with Crippen molar-refractivity contribution in [2.45, 2.75) is 25.2 Å². The van der Waals surface area contributed by atoms with Crippen LogP contribution in [0, 0.1) is 0 Å². The van der Waals surface area contributed by atoms with Crippen molar-refractivity contribution in [3.05, 3.63) is 21.3 Å². The highest BCUT2D eigenvalue weighted by atomic mass is 35.5. The van der Waals surface area contributed by atoms with Crippen LogP contribution in [0.4, 0.5) is 0 Å². The van der Waals surface area contributed by atoms with E-state index in [0.29, 0.717) is 0 Å². The van der Waals surface area contributed by atoms with Crippen molar-refractivity contribution in [3.8, 4) is 0 Å². The van der Waals surface area contributed by atoms with Gasteiger partial charge in [0.25, 0.3) is 0 Å². The lowest BCUT2D eigenvalue weighted by atomic mass is 10.0. The SMILES string of the molecule is Clc1cc(CN2CCC3(CC2)OCCO3)cs1. The summed E-state index contributed by atoms with van der Waals surface area (Å²) >= 11 is 7.54. The third-order valence-electron chi connectivity index (χ3n) is 3.46. The van der Waals surface area contributed by atoms with Gasteiger partial charge in [0, 0.05) is 32.5 Å². The first-order valence-corrected chi connectivity index (χ1v) is 7.25. The van der Waals surface area contributed by atoms with Gasteiger partial charge in [-0.1, -0.05) is 11.6 Å². The summed E-state index contributed by atoms with van der Waals surface area (Å²) < 4.78 is 12.3. The van der Waals surface area contributed by atoms with Crippen LogP contribution in [0.5, 0.6) is 0 Å². The van der Waals surface area contributed by atoms with Gasteiger partial charge in [0.1, 0.15) is 0 Å². The van der Waals surface area contributed by atoms with E-state index in [4.69, 9.17) is 21.1 Å². The average molecular weight is 274 g/mol. The zero-order valence-corrected chi connectivity index (χ0v) is 11.2. The quantitative estimate of drug-likeness (QED) is 0.827. The number of ether oxygens (including phenoxy) is 2. The largest absolute Gasteiger partial charge is 0.347 e. The second-order valence-electron chi connectivity index (χ2n) is 4.64. The molecule has 0 N–H and O–H groups in total. The molecule has 1 spiro atoms. The van der Waals surface area contributed by atoms with Crippen LogP contribution in [0.3, 0.4) is 0 Å². The van der Waals surface area contributed by atoms with Crippen LogP contribution in [-0.2, 0) is 16.0 Å². The predicted octanol–water partition coefficient (Wildman–Crippen LogP) is 2.74. The molecule has 2 aliphatic rings. The van der Waals surface area contributed by atoms with Gasteiger partial charge in [0.15, 0.2) is 5.79 Å². The van der Waals surface area contributed by atoms with E-state index >= 15 is 0 Å². The first kappa shape index (κ1) is 11.9. The van der Waals surface area contributed by atoms with Crippen molar-refractivity contribution in [2.75, 3.05) is 26.3 Å². The van der Waals surface area contributed by atoms with Gasteiger partial charge in [-0.05, 0) is 17.0 Å². The normalized spacial score (nSPS) is 24.5. The highest BCUT2D eigenvalue weighted by Gasteiger charge is 2.39. The molecule has 1 aromatic rings. The Bertz CT molecular complexity index is 380. The molecule has 0 radical (unpaired) electrons. The lowest BCUT2D eigenvalue weighted by Crippen LogP contribution is -2.44. The van der Waals surface area contributed by atoms with Gasteiger partial charge in [-0.25, -0.2) is 0 Å². The molecule has 0 unspecified atom stereocenters. The Labute approximate surface area is 110 Å². The number of rotatable bonds is 2. The predicted molar refractivity (Wildman–Crippen MR) is 68.5 cm³/mol. The Morgan fingerprint density at radius 2 is 2.00 bits per heavy atom. The Kier molecular flexibility index (Phi) is 3.41. The average Bonchev–Trinajstić information content (AvgIpc) is 2.93. The first-order chi connectivity index (χ1) is 8.26. The van der Waals surface area contributed by atoms with E-state index in [-0.39, 0.29) is 5.79 Å². The van der Waals surface area contributed by atoms with E-state index in [2.05, 4.69) is 16.3 Å². The third-order valence-corrected chi connectivity index (χ3v) is 4.60. The molecule has 0 aliphatic carbocycles. The molecule has 17 heavy (non-hydrogen) atoms. The van der Waals surface area contributed by atoms with Gasteiger partial charge in [-0.15, -0.1) is 11.3 Å². The molecule has 94 valence electrons. The number of nitrogens with zero attached hydrogens (tertiary/aromatic N) is 1. The second kappa shape index (κ2) is 4.86. The van der Waals surface area contributed by atoms with E-state index in [1.165, 1.54) is 5.56 Å². The molecule has 1 aromatic heterocycles. The first-order valence-electron chi connectivity index (χ1n) is 5.99. The second-order valence-corrected chi connectivity index (χ2v) is 6.19. The fraction of sp³-hybridized carbons (Fsp3) is 0.667. The minimum Gasteiger partial charge on any atom is -0.347 e. The Balaban J connectivity index is 1.54. The standard InChI is InChI=1S/C12H16ClNO2S/c13-11-7-10(9-17-11)8-14-3-1-12(2-4-14)15-5-6-16-12/h7,9H,1-6,8H2. The topological polar surface area (TPSA) is 21.7 Å². The highest BCUT2D eigenvalue weighted by Crippen LogP contribution is 2.32. The van der Waals surface area contributed by atoms with Gasteiger partial charge < -0.3 is 9.47 Å². The summed E-state index contributed by atoms with van der Waals surface area (Å²) in [7, 11) is 0. The van der Waals surface area contributed by atoms with Crippen molar-refractivity contribution < 1.29 is 9.47 Å². The maximum atomic E-state index is 5.94. The van der Waals surface area contributed by atoms with Crippen molar-refractivity contribution in [1.82, 2.24) is 4.90 Å². The molecule has 0 amide bonds. The maximum absolute atomic E-state index is 5.94. The third kappa shape index (κ3) is 2.66. The Morgan fingerprint density at radius 1 is 1.29 bits per heavy atom. The highest BCUT2D eigenvalue weighted by molar-refractivity contribution is 7.14. The van der Waals surface area contributed by atoms with Crippen LogP contribution < -0.4 is 0 Å². The summed E-state index contributed by atoms with van der Waals surface area (Å²) in [5.41, 5.74) is 1.31. The lowest BCUT2D eigenvalue weighted by Gasteiger charge is -2.37. The van der Waals surface area contributed by atoms with Crippen LogP contribution in [0.1, 0.15) is 18.4 Å². The summed E-state index contributed by atoms with van der Waals surface area (Å²) in [4.78, 5) is 2.44. The fourth-order valence-electron chi connectivity index (χ4n) is 2.52. The van der Waals surface area contributed by atoms with E-state index in [0.717, 1.165) is 50.0 Å². The molecule has 2 fully saturated rings. The molecule has 3 heterocycles. The van der Waals surface area contributed by atoms with Crippen molar-refractivity contribution in [1.29, 1.82) is 0 Å². The molecule has 0 aromatic carbocycles. The van der Waals surface area contributed by atoms with Crippen LogP contribution in [0.2, 0.25) is 4.34 Å². The summed E-state index contributed by atoms with van der Waals surface area (Å²) in [6.07, 6.45) is 1.95. The van der Waals surface area contributed by atoms with E-state index in [1.807, 2.05) is 0 Å². The number of piperidine rings is 1. The molecule has 0 bridgehead atoms. The molecular weight excluding hydrogens is 258 g/mol. The summed E-state index contributed by atoms with van der Waals surface area (Å²) in [5.74, 6) is -0.261. The summed E-state index contributed by atoms with van der Waals surface area (Å²) in [6, 6.07) is 2.05. The van der Waals surface area contributed by atoms with Crippen molar-refractivity contribution >= 4 is 22.9 Å². The van der Waals surface area contributed by atoms with Gasteiger partial charge in [-0.2, -0.15) is 0 Å². The Hall–Kier alpha value is -0.130. The van der Waals surface area contributed by atoms with Crippen molar-refractivity contribution in [3.63, 3.8) is 0 Å². The molecule has 2 saturated heterocycles. The van der Waals surface area contributed by atoms with Crippen LogP contribution in [0.25, 0.3) is 0 Å².